The van der Waals surface area contributed by atoms with E-state index in [2.05, 4.69) is 5.32 Å². The van der Waals surface area contributed by atoms with Crippen molar-refractivity contribution in [3.8, 4) is 0 Å². The number of aliphatic hydroxyl groups is 4. The van der Waals surface area contributed by atoms with Crippen molar-refractivity contribution in [3.05, 3.63) is 29.8 Å². The average Bonchev–Trinajstić information content (AvgIpc) is 2.46. The maximum Gasteiger partial charge on any atom is 0.409 e. The molecule has 1 fully saturated rings. The van der Waals surface area contributed by atoms with Gasteiger partial charge in [-0.05, 0) is 17.7 Å². The molecule has 1 saturated heterocycles. The second-order valence-corrected chi connectivity index (χ2v) is 4.80. The topological polar surface area (TPSA) is 139 Å². The normalized spacial score (nSPS) is 32.7. The largest absolute Gasteiger partial charge is 0.465 e. The van der Waals surface area contributed by atoms with E-state index < -0.39 is 43.2 Å². The van der Waals surface area contributed by atoms with E-state index >= 15 is 0 Å². The van der Waals surface area contributed by atoms with E-state index in [1.54, 1.807) is 0 Å². The van der Waals surface area contributed by atoms with E-state index in [0.717, 1.165) is 0 Å². The summed E-state index contributed by atoms with van der Waals surface area (Å²) in [6, 6.07) is 6.01. The van der Waals surface area contributed by atoms with Gasteiger partial charge < -0.3 is 30.3 Å². The first-order valence-electron chi connectivity index (χ1n) is 6.34. The molecule has 1 amide bonds. The molecule has 0 aromatic heterocycles. The van der Waals surface area contributed by atoms with Gasteiger partial charge in [-0.2, -0.15) is 0 Å². The number of carbonyl (C=O) groups is 1. The molecule has 116 valence electrons. The SMILES string of the molecule is O=C(O)Nc1ccc([C@@H]2O[C@H](CO)[C@H](O)[C@H](O)[C@H]2O)cc1. The smallest absolute Gasteiger partial charge is 0.409 e. The quantitative estimate of drug-likeness (QED) is 0.433. The maximum atomic E-state index is 10.5. The van der Waals surface area contributed by atoms with Gasteiger partial charge in [0.1, 0.15) is 30.5 Å². The summed E-state index contributed by atoms with van der Waals surface area (Å²) in [5, 5.41) is 49.3. The van der Waals surface area contributed by atoms with Crippen LogP contribution in [0, 0.1) is 0 Å². The van der Waals surface area contributed by atoms with E-state index in [9.17, 15) is 20.1 Å². The molecule has 1 aromatic carbocycles. The Hall–Kier alpha value is -1.71. The molecular formula is C13H17NO7. The average molecular weight is 299 g/mol. The summed E-state index contributed by atoms with van der Waals surface area (Å²) in [6.07, 6.45) is -7.33. The van der Waals surface area contributed by atoms with Gasteiger partial charge in [0.2, 0.25) is 0 Å². The number of amides is 1. The van der Waals surface area contributed by atoms with Crippen LogP contribution in [-0.4, -0.2) is 62.6 Å². The fourth-order valence-electron chi connectivity index (χ4n) is 2.26. The zero-order chi connectivity index (χ0) is 15.6. The summed E-state index contributed by atoms with van der Waals surface area (Å²) in [7, 11) is 0. The number of anilines is 1. The van der Waals surface area contributed by atoms with Crippen molar-refractivity contribution in [1.82, 2.24) is 0 Å². The van der Waals surface area contributed by atoms with Gasteiger partial charge in [-0.25, -0.2) is 4.79 Å². The molecular weight excluding hydrogens is 282 g/mol. The third kappa shape index (κ3) is 3.31. The summed E-state index contributed by atoms with van der Waals surface area (Å²) in [5.74, 6) is 0. The van der Waals surface area contributed by atoms with Crippen LogP contribution in [0.25, 0.3) is 0 Å². The van der Waals surface area contributed by atoms with Crippen molar-refractivity contribution in [3.63, 3.8) is 0 Å². The molecule has 0 bridgehead atoms. The number of aliphatic hydroxyl groups excluding tert-OH is 4. The third-order valence-electron chi connectivity index (χ3n) is 3.38. The maximum absolute atomic E-state index is 10.5. The molecule has 6 N–H and O–H groups in total. The molecule has 8 nitrogen and oxygen atoms in total. The highest BCUT2D eigenvalue weighted by Gasteiger charge is 2.43. The van der Waals surface area contributed by atoms with Crippen molar-refractivity contribution >= 4 is 11.8 Å². The summed E-state index contributed by atoms with van der Waals surface area (Å²) in [5.41, 5.74) is 0.832. The Balaban J connectivity index is 2.18. The number of hydrogen-bond donors (Lipinski definition) is 6. The molecule has 1 aromatic rings. The van der Waals surface area contributed by atoms with E-state index in [4.69, 9.17) is 14.9 Å². The van der Waals surface area contributed by atoms with Crippen LogP contribution in [0.3, 0.4) is 0 Å². The summed E-state index contributed by atoms with van der Waals surface area (Å²) < 4.78 is 5.39. The van der Waals surface area contributed by atoms with Crippen LogP contribution in [-0.2, 0) is 4.74 Å². The van der Waals surface area contributed by atoms with Gasteiger partial charge in [0.25, 0.3) is 0 Å². The predicted octanol–water partition coefficient (Wildman–Crippen LogP) is -0.709. The van der Waals surface area contributed by atoms with E-state index in [0.29, 0.717) is 11.3 Å². The number of rotatable bonds is 3. The molecule has 0 saturated carbocycles. The molecule has 8 heteroatoms. The molecule has 0 aliphatic carbocycles. The summed E-state index contributed by atoms with van der Waals surface area (Å²) in [6.45, 7) is -0.500. The molecule has 0 unspecified atom stereocenters. The third-order valence-corrected chi connectivity index (χ3v) is 3.38. The molecule has 0 spiro atoms. The zero-order valence-electron chi connectivity index (χ0n) is 11.0. The van der Waals surface area contributed by atoms with Crippen LogP contribution >= 0.6 is 0 Å². The number of hydrogen-bond acceptors (Lipinski definition) is 6. The van der Waals surface area contributed by atoms with Crippen LogP contribution in [0.1, 0.15) is 11.7 Å². The lowest BCUT2D eigenvalue weighted by molar-refractivity contribution is -0.231. The zero-order valence-corrected chi connectivity index (χ0v) is 11.0. The first kappa shape index (κ1) is 15.7. The highest BCUT2D eigenvalue weighted by atomic mass is 16.5. The van der Waals surface area contributed by atoms with Gasteiger partial charge >= 0.3 is 6.09 Å². The Morgan fingerprint density at radius 1 is 1.10 bits per heavy atom. The van der Waals surface area contributed by atoms with Gasteiger partial charge in [0, 0.05) is 5.69 Å². The van der Waals surface area contributed by atoms with E-state index in [-0.39, 0.29) is 0 Å². The lowest BCUT2D eigenvalue weighted by Crippen LogP contribution is -2.55. The van der Waals surface area contributed by atoms with Gasteiger partial charge in [-0.1, -0.05) is 12.1 Å². The second-order valence-electron chi connectivity index (χ2n) is 4.80. The molecule has 2 rings (SSSR count). The Labute approximate surface area is 120 Å². The molecule has 0 radical (unpaired) electrons. The molecule has 21 heavy (non-hydrogen) atoms. The fourth-order valence-corrected chi connectivity index (χ4v) is 2.26. The summed E-state index contributed by atoms with van der Waals surface area (Å²) in [4.78, 5) is 10.5. The van der Waals surface area contributed by atoms with E-state index in [1.807, 2.05) is 0 Å². The minimum Gasteiger partial charge on any atom is -0.465 e. The predicted molar refractivity (Wildman–Crippen MR) is 70.8 cm³/mol. The monoisotopic (exact) mass is 299 g/mol. The van der Waals surface area contributed by atoms with Crippen LogP contribution in [0.5, 0.6) is 0 Å². The molecule has 1 heterocycles. The van der Waals surface area contributed by atoms with Gasteiger partial charge in [0.15, 0.2) is 0 Å². The second kappa shape index (κ2) is 6.37. The first-order valence-corrected chi connectivity index (χ1v) is 6.34. The number of benzene rings is 1. The van der Waals surface area contributed by atoms with Gasteiger partial charge in [-0.15, -0.1) is 0 Å². The van der Waals surface area contributed by atoms with Crippen molar-refractivity contribution < 1.29 is 35.1 Å². The fraction of sp³-hybridized carbons (Fsp3) is 0.462. The van der Waals surface area contributed by atoms with Crippen molar-refractivity contribution in [2.24, 2.45) is 0 Å². The van der Waals surface area contributed by atoms with Crippen molar-refractivity contribution in [1.29, 1.82) is 0 Å². The molecule has 1 aliphatic rings. The van der Waals surface area contributed by atoms with Gasteiger partial charge in [-0.3, -0.25) is 5.32 Å². The van der Waals surface area contributed by atoms with Crippen molar-refractivity contribution in [2.75, 3.05) is 11.9 Å². The Morgan fingerprint density at radius 2 is 1.71 bits per heavy atom. The van der Waals surface area contributed by atoms with Crippen molar-refractivity contribution in [2.45, 2.75) is 30.5 Å². The molecule has 5 atom stereocenters. The Kier molecular flexibility index (Phi) is 4.76. The van der Waals surface area contributed by atoms with Crippen LogP contribution in [0.4, 0.5) is 10.5 Å². The van der Waals surface area contributed by atoms with Gasteiger partial charge in [0.05, 0.1) is 6.61 Å². The van der Waals surface area contributed by atoms with Crippen LogP contribution < -0.4 is 5.32 Å². The number of carboxylic acid groups (broad SMARTS) is 1. The lowest BCUT2D eigenvalue weighted by Gasteiger charge is -2.40. The highest BCUT2D eigenvalue weighted by Crippen LogP contribution is 2.32. The minimum absolute atomic E-state index is 0.343. The van der Waals surface area contributed by atoms with E-state index in [1.165, 1.54) is 24.3 Å². The Bertz CT molecular complexity index is 490. The van der Waals surface area contributed by atoms with Crippen LogP contribution in [0.15, 0.2) is 24.3 Å². The Morgan fingerprint density at radius 3 is 2.24 bits per heavy atom. The minimum atomic E-state index is -1.45. The summed E-state index contributed by atoms with van der Waals surface area (Å²) >= 11 is 0. The highest BCUT2D eigenvalue weighted by molar-refractivity contribution is 5.82. The number of ether oxygens (including phenoxy) is 1. The van der Waals surface area contributed by atoms with Crippen LogP contribution in [0.2, 0.25) is 0 Å². The first-order chi connectivity index (χ1) is 9.93. The molecule has 1 aliphatic heterocycles. The number of nitrogens with one attached hydrogen (secondary N) is 1. The lowest BCUT2D eigenvalue weighted by atomic mass is 9.91. The standard InChI is InChI=1S/C13H17NO7/c15-5-8-9(16)10(17)11(18)12(21-8)6-1-3-7(4-2-6)14-13(19)20/h1-4,8-12,14-18H,5H2,(H,19,20)/t8-,9+,10+,11-,12+/m1/s1.